The van der Waals surface area contributed by atoms with E-state index in [1.54, 1.807) is 96.3 Å². The Bertz CT molecular complexity index is 6230. The number of hydrogen-bond acceptors (Lipinski definition) is 12. The first-order valence-electron chi connectivity index (χ1n) is 50.0. The van der Waals surface area contributed by atoms with Crippen molar-refractivity contribution >= 4 is 114 Å². The normalized spacial score (nSPS) is 15.6. The van der Waals surface area contributed by atoms with Gasteiger partial charge in [0.2, 0.25) is 0 Å². The molecule has 2 heterocycles. The van der Waals surface area contributed by atoms with Gasteiger partial charge in [-0.05, 0) is 254 Å². The molecule has 0 radical (unpaired) electrons. The number of anilines is 4. The fraction of sp³-hybridized carbons (Fsp3) is 0.328. The number of fused-ring (bicyclic) bond motifs is 2. The molecule has 0 spiro atoms. The molecule has 5 aliphatic carbocycles. The van der Waals surface area contributed by atoms with Gasteiger partial charge in [0.15, 0.2) is 0 Å². The van der Waals surface area contributed by atoms with Crippen molar-refractivity contribution in [3.8, 4) is 11.5 Å². The number of allylic oxidation sites excluding steroid dienone is 2. The quantitative estimate of drug-likeness (QED) is 0.0252. The van der Waals surface area contributed by atoms with Gasteiger partial charge in [0, 0.05) is 105 Å². The molecule has 747 valence electrons. The van der Waals surface area contributed by atoms with Crippen LogP contribution < -0.4 is 19.6 Å². The third-order valence-electron chi connectivity index (χ3n) is 28.2. The summed E-state index contributed by atoms with van der Waals surface area (Å²) in [5.41, 5.74) is 44.9. The van der Waals surface area contributed by atoms with Crippen LogP contribution in [0.25, 0.3) is 11.1 Å². The molecule has 14 nitrogen and oxygen atoms in total. The first kappa shape index (κ1) is 109. The van der Waals surface area contributed by atoms with Crippen LogP contribution in [-0.2, 0) is 29.2 Å². The van der Waals surface area contributed by atoms with Gasteiger partial charge < -0.3 is 29.8 Å². The largest absolute Gasteiger partial charge is 0.507 e. The molecular weight excluding hydrogens is 2010 g/mol. The van der Waals surface area contributed by atoms with Gasteiger partial charge in [-0.3, -0.25) is 30.2 Å². The molecule has 0 atom stereocenters. The molecule has 20 heteroatoms. The van der Waals surface area contributed by atoms with Crippen molar-refractivity contribution in [3.63, 3.8) is 0 Å². The number of para-hydroxylation sites is 2. The van der Waals surface area contributed by atoms with Crippen molar-refractivity contribution in [2.45, 2.75) is 238 Å². The smallest absolute Gasteiger partial charge is 0.270 e. The van der Waals surface area contributed by atoms with Crippen LogP contribution in [0.3, 0.4) is 0 Å². The molecule has 0 bridgehead atoms. The number of nitro groups is 2. The number of phenolic OH excluding ortho intramolecular Hbond substituents is 2. The summed E-state index contributed by atoms with van der Waals surface area (Å²) in [4.78, 5) is 38.4. The van der Waals surface area contributed by atoms with Gasteiger partial charge in [0.1, 0.15) is 11.5 Å². The van der Waals surface area contributed by atoms with Gasteiger partial charge in [-0.1, -0.05) is 126 Å². The number of hydrogen-bond donors (Lipinski definition) is 2. The van der Waals surface area contributed by atoms with Crippen molar-refractivity contribution < 1.29 is 49.3 Å². The zero-order chi connectivity index (χ0) is 102. The summed E-state index contributed by atoms with van der Waals surface area (Å²) < 4.78 is 2.45. The number of non-ortho nitro benzene ring substituents is 2. The Balaban J connectivity index is 0.000000139. The molecule has 2 N–H and O–H groups in total. The maximum Gasteiger partial charge on any atom is 0.270 e. The second-order valence-corrected chi connectivity index (χ2v) is 50.6. The van der Waals surface area contributed by atoms with Gasteiger partial charge in [-0.15, -0.1) is 0 Å². The van der Waals surface area contributed by atoms with E-state index in [0.29, 0.717) is 11.1 Å². The first-order chi connectivity index (χ1) is 68.1. The van der Waals surface area contributed by atoms with Crippen LogP contribution in [0, 0.1) is 158 Å². The number of aromatic hydroxyl groups is 2. The standard InChI is InChI=1S/2C21H27N2.C18H33P.2C17H14.2C14H12N2O3.3ClH.2Ru/c2*1-14-9-16(3)20(17(4)10-14)22-7-8-23(13-22)21-18(5)11-15(2)12-19(21)6;1-4-10-16(11-5-1)19(17-12-6-2-7-13-17)18-14-8-3-9-15-18;2*1-12-6-3-4-9-15(12)16-11-10-14-8-5-7-13(2)17(14)16;2*1-10-4-2-3-5-13(10)15-9-11-8-12(16(18)19)6-7-14(11)17;;;;;/h2*9-13H,7-8H2,1-6H3;16-18H,1-15H2;2*3-9,11H,1-2H3;2*2-9,17H,1H3;3*1H;;/q2*-1;;;;;;;;;+1;+2/p-2. The maximum absolute atomic E-state index is 10.7. The average Bonchev–Trinajstić information content (AvgIpc) is 1.61. The van der Waals surface area contributed by atoms with E-state index < -0.39 is 23.4 Å². The molecule has 0 amide bonds. The van der Waals surface area contributed by atoms with Crippen LogP contribution in [0.1, 0.15) is 241 Å². The van der Waals surface area contributed by atoms with Crippen molar-refractivity contribution in [3.05, 3.63) is 409 Å². The molecule has 7 aliphatic rings. The number of halogens is 3. The van der Waals surface area contributed by atoms with E-state index in [1.807, 2.05) is 62.4 Å². The van der Waals surface area contributed by atoms with E-state index in [4.69, 9.17) is 29.1 Å². The third kappa shape index (κ3) is 27.7. The molecule has 12 aromatic rings. The van der Waals surface area contributed by atoms with Crippen molar-refractivity contribution in [1.82, 2.24) is 0 Å². The van der Waals surface area contributed by atoms with E-state index in [2.05, 4.69) is 299 Å². The minimum absolute atomic E-state index is 0.0389. The predicted molar refractivity (Wildman–Crippen MR) is 601 cm³/mol. The van der Waals surface area contributed by atoms with Crippen molar-refractivity contribution in [2.75, 3.05) is 45.8 Å². The van der Waals surface area contributed by atoms with Gasteiger partial charge in [-0.2, -0.15) is 13.3 Å². The molecule has 5 fully saturated rings. The Hall–Kier alpha value is -10.7. The number of phenols is 2. The SMILES string of the molecule is C1CCC([PH+](C2CCCCC2)C2CCCCC2)CC1.Cc1cc(C)c(N2[CH-]N(c3c(C)cc(C)cc3C)CC2)c(C)c1.Cc1cc(C)c(N2[CH-]N(c3c(C)cc(C)cc3C)CC2)c(C)c1.Cc1ccccc1C1=C[C](=[Ru]([Cl])[Cl])c2cccc(C)c21.Cc1ccccc1C1=C[C](=[Ru][Cl])c2cccc(C)c21.Cc1ccccc1N=Cc1cc([N+](=O)[O-])ccc1O.Cc1ccccc1N=Cc1cc([N+](=O)[O-])ccc1O. The zero-order valence-corrected chi connectivity index (χ0v) is 92.6. The van der Waals surface area contributed by atoms with Crippen molar-refractivity contribution in [1.29, 1.82) is 0 Å². The minimum Gasteiger partial charge on any atom is -0.507 e. The predicted octanol–water partition coefficient (Wildman–Crippen LogP) is 32.6. The third-order valence-corrected chi connectivity index (χ3v) is 37.8. The Kier molecular flexibility index (Phi) is 39.2. The molecule has 0 aromatic heterocycles. The molecule has 3 saturated carbocycles. The summed E-state index contributed by atoms with van der Waals surface area (Å²) in [6.45, 7) is 47.6. The van der Waals surface area contributed by atoms with E-state index in [0.717, 1.165) is 52.8 Å². The molecule has 142 heavy (non-hydrogen) atoms. The van der Waals surface area contributed by atoms with E-state index in [9.17, 15) is 30.4 Å². The maximum atomic E-state index is 10.7. The molecule has 19 rings (SSSR count). The van der Waals surface area contributed by atoms with Crippen molar-refractivity contribution in [2.24, 2.45) is 9.98 Å². The monoisotopic (exact) mass is 2150 g/mol. The number of nitro benzene ring substituents is 2. The Morgan fingerprint density at radius 2 is 0.648 bits per heavy atom. The summed E-state index contributed by atoms with van der Waals surface area (Å²) in [5, 5.41) is 40.6. The van der Waals surface area contributed by atoms with Crippen LogP contribution in [0.4, 0.5) is 45.5 Å². The van der Waals surface area contributed by atoms with Gasteiger partial charge >= 0.3 is 258 Å². The number of benzene rings is 12. The molecule has 2 saturated heterocycles. The topological polar surface area (TPSA) is 164 Å². The van der Waals surface area contributed by atoms with Gasteiger partial charge in [0.05, 0.1) is 38.2 Å². The van der Waals surface area contributed by atoms with E-state index in [-0.39, 0.29) is 46.5 Å². The summed E-state index contributed by atoms with van der Waals surface area (Å²) >= 11 is -2.15. The van der Waals surface area contributed by atoms with Crippen LogP contribution in [-0.4, -0.2) is 83.9 Å². The van der Waals surface area contributed by atoms with Gasteiger partial charge in [0.25, 0.3) is 11.4 Å². The number of rotatable bonds is 15. The number of aryl methyl sites for hydroxylation is 18. The number of aliphatic imine (C=N–C) groups is 2. The first-order valence-corrected chi connectivity index (χ1v) is 60.2. The summed E-state index contributed by atoms with van der Waals surface area (Å²) in [6.07, 6.45) is 31.1. The Morgan fingerprint density at radius 1 is 0.359 bits per heavy atom. The molecule has 2 aliphatic heterocycles. The summed E-state index contributed by atoms with van der Waals surface area (Å²) in [6, 6.07) is 70.8. The van der Waals surface area contributed by atoms with E-state index in [1.165, 1.54) is 226 Å². The molecular formula is C122H140Cl3N8O6PRu2-. The summed E-state index contributed by atoms with van der Waals surface area (Å²) in [5.74, 6) is -0.0779. The van der Waals surface area contributed by atoms with E-state index >= 15 is 0 Å². The zero-order valence-electron chi connectivity index (χ0n) is 85.9. The summed E-state index contributed by atoms with van der Waals surface area (Å²) in [7, 11) is 18.7. The van der Waals surface area contributed by atoms with Crippen LogP contribution in [0.15, 0.2) is 241 Å². The fourth-order valence-corrected chi connectivity index (χ4v) is 31.3. The van der Waals surface area contributed by atoms with Crippen LogP contribution >= 0.6 is 37.0 Å². The van der Waals surface area contributed by atoms with Crippen LogP contribution in [0.5, 0.6) is 11.5 Å². The Morgan fingerprint density at radius 3 is 0.958 bits per heavy atom. The van der Waals surface area contributed by atoms with Gasteiger partial charge in [-0.25, -0.2) is 0 Å². The second kappa shape index (κ2) is 51.2. The fourth-order valence-electron chi connectivity index (χ4n) is 22.0. The average molecular weight is 2150 g/mol. The molecule has 12 aromatic carbocycles. The second-order valence-electron chi connectivity index (χ2n) is 39.2. The minimum atomic E-state index is -1.92. The van der Waals surface area contributed by atoms with Crippen LogP contribution in [0.2, 0.25) is 0 Å². The Labute approximate surface area is 870 Å². The molecule has 0 unspecified atom stereocenters. The number of nitrogens with zero attached hydrogens (tertiary/aromatic N) is 8.